The standard InChI is InChI=1S/C20H22N2O5S/c1-14(19(23)21-16-10-11-16)27-20(24)15-8-12-18(13-9-15)28(25,26)22(2)17-6-4-3-5-7-17/h3-9,12-14,16H,10-11H2,1-2H3,(H,21,23). The van der Waals surface area contributed by atoms with Gasteiger partial charge < -0.3 is 10.1 Å². The zero-order valence-electron chi connectivity index (χ0n) is 15.7. The van der Waals surface area contributed by atoms with Crippen LogP contribution < -0.4 is 9.62 Å². The van der Waals surface area contributed by atoms with Crippen LogP contribution in [-0.4, -0.2) is 39.5 Å². The van der Waals surface area contributed by atoms with Crippen molar-refractivity contribution in [1.82, 2.24) is 5.32 Å². The van der Waals surface area contributed by atoms with Gasteiger partial charge in [0.15, 0.2) is 6.10 Å². The van der Waals surface area contributed by atoms with Crippen molar-refractivity contribution in [1.29, 1.82) is 0 Å². The Kier molecular flexibility index (Phi) is 5.69. The van der Waals surface area contributed by atoms with E-state index in [0.717, 1.165) is 12.8 Å². The van der Waals surface area contributed by atoms with Crippen molar-refractivity contribution in [2.24, 2.45) is 0 Å². The molecule has 1 unspecified atom stereocenters. The van der Waals surface area contributed by atoms with E-state index in [2.05, 4.69) is 5.32 Å². The number of esters is 1. The Morgan fingerprint density at radius 1 is 1.07 bits per heavy atom. The lowest BCUT2D eigenvalue weighted by atomic mass is 10.2. The van der Waals surface area contributed by atoms with Crippen molar-refractivity contribution in [2.75, 3.05) is 11.4 Å². The number of nitrogens with zero attached hydrogens (tertiary/aromatic N) is 1. The molecule has 2 aromatic rings. The lowest BCUT2D eigenvalue weighted by molar-refractivity contribution is -0.129. The van der Waals surface area contributed by atoms with Crippen molar-refractivity contribution in [2.45, 2.75) is 36.8 Å². The van der Waals surface area contributed by atoms with Gasteiger partial charge in [-0.25, -0.2) is 13.2 Å². The van der Waals surface area contributed by atoms with E-state index in [4.69, 9.17) is 4.74 Å². The molecule has 0 aliphatic heterocycles. The van der Waals surface area contributed by atoms with Gasteiger partial charge in [-0.05, 0) is 56.2 Å². The number of benzene rings is 2. The summed E-state index contributed by atoms with van der Waals surface area (Å²) in [6, 6.07) is 14.3. The molecule has 1 aliphatic carbocycles. The summed E-state index contributed by atoms with van der Waals surface area (Å²) in [7, 11) is -2.30. The molecular formula is C20H22N2O5S. The molecule has 1 N–H and O–H groups in total. The second kappa shape index (κ2) is 8.02. The average molecular weight is 402 g/mol. The van der Waals surface area contributed by atoms with E-state index in [0.29, 0.717) is 5.69 Å². The van der Waals surface area contributed by atoms with Crippen molar-refractivity contribution < 1.29 is 22.7 Å². The topological polar surface area (TPSA) is 92.8 Å². The molecule has 7 nitrogen and oxygen atoms in total. The first kappa shape index (κ1) is 19.9. The summed E-state index contributed by atoms with van der Waals surface area (Å²) >= 11 is 0. The van der Waals surface area contributed by atoms with Crippen molar-refractivity contribution in [3.8, 4) is 0 Å². The van der Waals surface area contributed by atoms with Gasteiger partial charge in [0, 0.05) is 13.1 Å². The number of nitrogens with one attached hydrogen (secondary N) is 1. The Labute approximate surface area is 164 Å². The van der Waals surface area contributed by atoms with E-state index in [9.17, 15) is 18.0 Å². The van der Waals surface area contributed by atoms with Crippen LogP contribution in [0.3, 0.4) is 0 Å². The van der Waals surface area contributed by atoms with Crippen LogP contribution in [0.15, 0.2) is 59.5 Å². The summed E-state index contributed by atoms with van der Waals surface area (Å²) in [6.07, 6.45) is 0.972. The maximum Gasteiger partial charge on any atom is 0.338 e. The van der Waals surface area contributed by atoms with Crippen LogP contribution >= 0.6 is 0 Å². The molecule has 8 heteroatoms. The Bertz CT molecular complexity index is 954. The van der Waals surface area contributed by atoms with Gasteiger partial charge in [0.2, 0.25) is 0 Å². The van der Waals surface area contributed by atoms with Crippen LogP contribution in [0.2, 0.25) is 0 Å². The van der Waals surface area contributed by atoms with E-state index in [1.807, 2.05) is 0 Å². The number of carbonyl (C=O) groups is 2. The Hall–Kier alpha value is -2.87. The fourth-order valence-corrected chi connectivity index (χ4v) is 3.72. The first-order valence-corrected chi connectivity index (χ1v) is 10.4. The normalized spacial score (nSPS) is 14.8. The number of sulfonamides is 1. The second-order valence-corrected chi connectivity index (χ2v) is 8.63. The molecule has 0 bridgehead atoms. The van der Waals surface area contributed by atoms with E-state index in [1.54, 1.807) is 30.3 Å². The van der Waals surface area contributed by atoms with Gasteiger partial charge in [0.05, 0.1) is 16.1 Å². The van der Waals surface area contributed by atoms with Crippen LogP contribution in [0.5, 0.6) is 0 Å². The first-order valence-electron chi connectivity index (χ1n) is 8.94. The molecule has 0 spiro atoms. The number of hydrogen-bond acceptors (Lipinski definition) is 5. The number of carbonyl (C=O) groups excluding carboxylic acids is 2. The highest BCUT2D eigenvalue weighted by Crippen LogP contribution is 2.22. The zero-order valence-corrected chi connectivity index (χ0v) is 16.5. The number of amides is 1. The van der Waals surface area contributed by atoms with Crippen molar-refractivity contribution in [3.63, 3.8) is 0 Å². The Morgan fingerprint density at radius 2 is 1.68 bits per heavy atom. The summed E-state index contributed by atoms with van der Waals surface area (Å²) in [5, 5.41) is 2.77. The maximum absolute atomic E-state index is 12.7. The second-order valence-electron chi connectivity index (χ2n) is 6.66. The number of para-hydroxylation sites is 1. The van der Waals surface area contributed by atoms with Gasteiger partial charge in [0.1, 0.15) is 0 Å². The molecule has 1 fully saturated rings. The third-order valence-electron chi connectivity index (χ3n) is 4.44. The molecule has 3 rings (SSSR count). The third-order valence-corrected chi connectivity index (χ3v) is 6.24. The zero-order chi connectivity index (χ0) is 20.3. The van der Waals surface area contributed by atoms with Gasteiger partial charge in [-0.1, -0.05) is 18.2 Å². The van der Waals surface area contributed by atoms with E-state index >= 15 is 0 Å². The van der Waals surface area contributed by atoms with Gasteiger partial charge in [-0.2, -0.15) is 0 Å². The number of hydrogen-bond donors (Lipinski definition) is 1. The molecular weight excluding hydrogens is 380 g/mol. The number of ether oxygens (including phenoxy) is 1. The summed E-state index contributed by atoms with van der Waals surface area (Å²) in [6.45, 7) is 1.50. The lowest BCUT2D eigenvalue weighted by Gasteiger charge is -2.19. The molecule has 148 valence electrons. The predicted octanol–water partition coefficient (Wildman–Crippen LogP) is 2.34. The quantitative estimate of drug-likeness (QED) is 0.718. The van der Waals surface area contributed by atoms with Crippen LogP contribution in [0.25, 0.3) is 0 Å². The van der Waals surface area contributed by atoms with Gasteiger partial charge in [-0.15, -0.1) is 0 Å². The summed E-state index contributed by atoms with van der Waals surface area (Å²) in [4.78, 5) is 24.1. The minimum absolute atomic E-state index is 0.0509. The third kappa shape index (κ3) is 4.51. The Morgan fingerprint density at radius 3 is 2.25 bits per heavy atom. The molecule has 0 saturated heterocycles. The summed E-state index contributed by atoms with van der Waals surface area (Å²) in [5.41, 5.74) is 0.703. The average Bonchev–Trinajstić information content (AvgIpc) is 3.52. The largest absolute Gasteiger partial charge is 0.449 e. The molecule has 1 atom stereocenters. The van der Waals surface area contributed by atoms with Crippen molar-refractivity contribution in [3.05, 3.63) is 60.2 Å². The van der Waals surface area contributed by atoms with E-state index in [1.165, 1.54) is 42.5 Å². The van der Waals surface area contributed by atoms with Gasteiger partial charge in [0.25, 0.3) is 15.9 Å². The molecule has 1 saturated carbocycles. The fourth-order valence-electron chi connectivity index (χ4n) is 2.53. The van der Waals surface area contributed by atoms with E-state index in [-0.39, 0.29) is 22.4 Å². The minimum Gasteiger partial charge on any atom is -0.449 e. The van der Waals surface area contributed by atoms with Crippen molar-refractivity contribution >= 4 is 27.6 Å². The van der Waals surface area contributed by atoms with Crippen LogP contribution in [0.4, 0.5) is 5.69 Å². The minimum atomic E-state index is -3.76. The maximum atomic E-state index is 12.7. The number of rotatable bonds is 7. The predicted molar refractivity (Wildman–Crippen MR) is 105 cm³/mol. The summed E-state index contributed by atoms with van der Waals surface area (Å²) in [5.74, 6) is -1.02. The highest BCUT2D eigenvalue weighted by Gasteiger charge is 2.27. The smallest absolute Gasteiger partial charge is 0.338 e. The SMILES string of the molecule is CC(OC(=O)c1ccc(S(=O)(=O)N(C)c2ccccc2)cc1)C(=O)NC1CC1. The molecule has 1 amide bonds. The van der Waals surface area contributed by atoms with Crippen LogP contribution in [0.1, 0.15) is 30.1 Å². The highest BCUT2D eigenvalue weighted by molar-refractivity contribution is 7.92. The van der Waals surface area contributed by atoms with Gasteiger partial charge >= 0.3 is 5.97 Å². The first-order chi connectivity index (χ1) is 13.3. The molecule has 28 heavy (non-hydrogen) atoms. The Balaban J connectivity index is 1.68. The molecule has 0 radical (unpaired) electrons. The van der Waals surface area contributed by atoms with E-state index < -0.39 is 22.1 Å². The summed E-state index contributed by atoms with van der Waals surface area (Å²) < 4.78 is 31.8. The number of anilines is 1. The van der Waals surface area contributed by atoms with Gasteiger partial charge in [-0.3, -0.25) is 9.10 Å². The molecule has 2 aromatic carbocycles. The lowest BCUT2D eigenvalue weighted by Crippen LogP contribution is -2.37. The highest BCUT2D eigenvalue weighted by atomic mass is 32.2. The molecule has 1 aliphatic rings. The fraction of sp³-hybridized carbons (Fsp3) is 0.300. The molecule has 0 aromatic heterocycles. The molecule has 0 heterocycles. The van der Waals surface area contributed by atoms with Crippen LogP contribution in [0, 0.1) is 0 Å². The van der Waals surface area contributed by atoms with Crippen LogP contribution in [-0.2, 0) is 19.6 Å². The monoisotopic (exact) mass is 402 g/mol.